The van der Waals surface area contributed by atoms with Crippen LogP contribution in [0.4, 0.5) is 0 Å². The lowest BCUT2D eigenvalue weighted by Gasteiger charge is -2.39. The number of nitrogens with zero attached hydrogens (tertiary/aromatic N) is 1. The molecule has 0 radical (unpaired) electrons. The number of benzene rings is 8. The van der Waals surface area contributed by atoms with Crippen LogP contribution in [0.2, 0.25) is 0 Å². The van der Waals surface area contributed by atoms with Gasteiger partial charge in [0.15, 0.2) is 0 Å². The third-order valence-corrected chi connectivity index (χ3v) is 10.6. The van der Waals surface area contributed by atoms with Gasteiger partial charge in [0.25, 0.3) is 0 Å². The van der Waals surface area contributed by atoms with Gasteiger partial charge in [0.1, 0.15) is 11.5 Å². The molecule has 2 heteroatoms. The number of ether oxygens (including phenoxy) is 1. The van der Waals surface area contributed by atoms with E-state index in [-0.39, 0.29) is 0 Å². The van der Waals surface area contributed by atoms with Gasteiger partial charge in [-0.15, -0.1) is 0 Å². The molecule has 0 saturated carbocycles. The van der Waals surface area contributed by atoms with E-state index in [1.807, 2.05) is 0 Å². The number of hydrogen-bond acceptors (Lipinski definition) is 1. The fourth-order valence-electron chi connectivity index (χ4n) is 8.73. The summed E-state index contributed by atoms with van der Waals surface area (Å²) in [6.07, 6.45) is 0. The van der Waals surface area contributed by atoms with Crippen LogP contribution in [0.25, 0.3) is 60.2 Å². The first-order chi connectivity index (χ1) is 23.3. The maximum Gasteiger partial charge on any atom is 0.134 e. The summed E-state index contributed by atoms with van der Waals surface area (Å²) in [4.78, 5) is 0. The van der Waals surface area contributed by atoms with Crippen molar-refractivity contribution in [1.29, 1.82) is 0 Å². The third kappa shape index (κ3) is 3.15. The van der Waals surface area contributed by atoms with E-state index in [9.17, 15) is 0 Å². The lowest BCUT2D eigenvalue weighted by atomic mass is 9.66. The minimum absolute atomic E-state index is 0.506. The summed E-state index contributed by atoms with van der Waals surface area (Å²) in [5.74, 6) is 1.81. The van der Waals surface area contributed by atoms with E-state index < -0.39 is 5.41 Å². The zero-order chi connectivity index (χ0) is 30.7. The normalized spacial score (nSPS) is 13.9. The first kappa shape index (κ1) is 25.1. The van der Waals surface area contributed by atoms with Crippen LogP contribution in [-0.4, -0.2) is 4.57 Å². The maximum atomic E-state index is 6.93. The molecule has 1 aliphatic heterocycles. The van der Waals surface area contributed by atoms with Crippen molar-refractivity contribution in [3.8, 4) is 28.3 Å². The Kier molecular flexibility index (Phi) is 4.80. The highest BCUT2D eigenvalue weighted by atomic mass is 16.5. The van der Waals surface area contributed by atoms with Crippen LogP contribution in [0.1, 0.15) is 22.3 Å². The van der Waals surface area contributed by atoms with Gasteiger partial charge in [0.2, 0.25) is 0 Å². The number of para-hydroxylation sites is 1. The molecule has 0 N–H and O–H groups in total. The molecule has 2 nitrogen and oxygen atoms in total. The van der Waals surface area contributed by atoms with Gasteiger partial charge < -0.3 is 9.30 Å². The van der Waals surface area contributed by atoms with Crippen LogP contribution in [0, 0.1) is 0 Å². The van der Waals surface area contributed by atoms with Crippen LogP contribution in [0.5, 0.6) is 11.5 Å². The Labute approximate surface area is 271 Å². The van der Waals surface area contributed by atoms with E-state index in [0.29, 0.717) is 0 Å². The van der Waals surface area contributed by atoms with Gasteiger partial charge in [-0.2, -0.15) is 0 Å². The SMILES string of the molecule is c1ccc2c(c1)Oc1cc3c(cc1C21c2ccccc2-c2ccccc21)c1c2ccccc2ccc1n3-c1ccc2ccccc2c1. The number of fused-ring (bicyclic) bond motifs is 15. The van der Waals surface area contributed by atoms with E-state index in [2.05, 4.69) is 168 Å². The predicted molar refractivity (Wildman–Crippen MR) is 193 cm³/mol. The van der Waals surface area contributed by atoms with E-state index in [4.69, 9.17) is 4.74 Å². The van der Waals surface area contributed by atoms with Crippen molar-refractivity contribution in [2.45, 2.75) is 5.41 Å². The van der Waals surface area contributed by atoms with Crippen molar-refractivity contribution in [3.63, 3.8) is 0 Å². The van der Waals surface area contributed by atoms with E-state index in [1.165, 1.54) is 71.2 Å². The Morgan fingerprint density at radius 1 is 0.404 bits per heavy atom. The summed E-state index contributed by atoms with van der Waals surface area (Å²) in [6.45, 7) is 0. The van der Waals surface area contributed by atoms with E-state index in [1.54, 1.807) is 0 Å². The molecule has 1 aliphatic carbocycles. The Morgan fingerprint density at radius 3 is 1.85 bits per heavy atom. The molecule has 0 amide bonds. The molecule has 0 saturated heterocycles. The summed E-state index contributed by atoms with van der Waals surface area (Å²) >= 11 is 0. The largest absolute Gasteiger partial charge is 0.457 e. The van der Waals surface area contributed by atoms with Crippen molar-refractivity contribution in [1.82, 2.24) is 4.57 Å². The summed E-state index contributed by atoms with van der Waals surface area (Å²) in [7, 11) is 0. The highest BCUT2D eigenvalue weighted by Gasteiger charge is 2.51. The molecule has 0 bridgehead atoms. The lowest BCUT2D eigenvalue weighted by molar-refractivity contribution is 0.437. The molecule has 1 aromatic heterocycles. The smallest absolute Gasteiger partial charge is 0.134 e. The molecule has 47 heavy (non-hydrogen) atoms. The molecule has 218 valence electrons. The molecule has 1 spiro atoms. The minimum atomic E-state index is -0.506. The highest BCUT2D eigenvalue weighted by Crippen LogP contribution is 2.62. The Hall–Kier alpha value is -6.12. The first-order valence-corrected chi connectivity index (χ1v) is 16.3. The van der Waals surface area contributed by atoms with Crippen LogP contribution < -0.4 is 4.74 Å². The second kappa shape index (κ2) is 8.99. The second-order valence-corrected chi connectivity index (χ2v) is 12.9. The quantitative estimate of drug-likeness (QED) is 0.184. The summed E-state index contributed by atoms with van der Waals surface area (Å²) in [6, 6.07) is 59.9. The molecule has 0 fully saturated rings. The Morgan fingerprint density at radius 2 is 1.04 bits per heavy atom. The van der Waals surface area contributed by atoms with Gasteiger partial charge in [-0.25, -0.2) is 0 Å². The second-order valence-electron chi connectivity index (χ2n) is 12.9. The Balaban J connectivity index is 1.33. The molecule has 0 atom stereocenters. The van der Waals surface area contributed by atoms with E-state index in [0.717, 1.165) is 22.7 Å². The lowest BCUT2D eigenvalue weighted by Crippen LogP contribution is -2.32. The first-order valence-electron chi connectivity index (χ1n) is 16.3. The van der Waals surface area contributed by atoms with Gasteiger partial charge in [-0.05, 0) is 74.1 Å². The van der Waals surface area contributed by atoms with Crippen molar-refractivity contribution < 1.29 is 4.74 Å². The summed E-state index contributed by atoms with van der Waals surface area (Å²) in [5, 5.41) is 7.45. The van der Waals surface area contributed by atoms with Crippen molar-refractivity contribution in [3.05, 3.63) is 186 Å². The predicted octanol–water partition coefficient (Wildman–Crippen LogP) is 11.6. The maximum absolute atomic E-state index is 6.93. The minimum Gasteiger partial charge on any atom is -0.457 e. The number of rotatable bonds is 1. The molecule has 11 rings (SSSR count). The Bertz CT molecular complexity index is 2740. The molecule has 9 aromatic rings. The fourth-order valence-corrected chi connectivity index (χ4v) is 8.73. The standard InChI is InChI=1S/C45H27NO/c1-2-13-30-25-31(23-21-28(30)11-1)46-40-24-22-29-12-3-4-14-32(29)44(40)35-26-39-43(27-41(35)46)47-42-20-10-9-19-38(42)45(39)36-17-7-5-15-33(36)34-16-6-8-18-37(34)45/h1-27H. The average molecular weight is 598 g/mol. The monoisotopic (exact) mass is 597 g/mol. The van der Waals surface area contributed by atoms with Crippen molar-refractivity contribution in [2.24, 2.45) is 0 Å². The van der Waals surface area contributed by atoms with Gasteiger partial charge in [0.05, 0.1) is 16.4 Å². The van der Waals surface area contributed by atoms with Crippen LogP contribution >= 0.6 is 0 Å². The van der Waals surface area contributed by atoms with Crippen LogP contribution in [-0.2, 0) is 5.41 Å². The highest BCUT2D eigenvalue weighted by molar-refractivity contribution is 6.22. The number of aromatic nitrogens is 1. The molecule has 2 heterocycles. The van der Waals surface area contributed by atoms with Crippen LogP contribution in [0.3, 0.4) is 0 Å². The summed E-state index contributed by atoms with van der Waals surface area (Å²) < 4.78 is 9.36. The molecule has 8 aromatic carbocycles. The molecular weight excluding hydrogens is 571 g/mol. The van der Waals surface area contributed by atoms with Crippen molar-refractivity contribution >= 4 is 43.4 Å². The summed E-state index contributed by atoms with van der Waals surface area (Å²) in [5.41, 5.74) is 10.5. The average Bonchev–Trinajstić information content (AvgIpc) is 3.61. The van der Waals surface area contributed by atoms with Crippen molar-refractivity contribution in [2.75, 3.05) is 0 Å². The zero-order valence-corrected chi connectivity index (χ0v) is 25.4. The molecule has 0 unspecified atom stereocenters. The topological polar surface area (TPSA) is 14.2 Å². The molecule has 2 aliphatic rings. The van der Waals surface area contributed by atoms with Gasteiger partial charge in [0, 0.05) is 33.7 Å². The number of hydrogen-bond donors (Lipinski definition) is 0. The zero-order valence-electron chi connectivity index (χ0n) is 25.4. The van der Waals surface area contributed by atoms with E-state index >= 15 is 0 Å². The van der Waals surface area contributed by atoms with Crippen LogP contribution in [0.15, 0.2) is 164 Å². The van der Waals surface area contributed by atoms with Gasteiger partial charge in [-0.3, -0.25) is 0 Å². The third-order valence-electron chi connectivity index (χ3n) is 10.6. The van der Waals surface area contributed by atoms with Gasteiger partial charge >= 0.3 is 0 Å². The molecular formula is C45H27NO. The van der Waals surface area contributed by atoms with Gasteiger partial charge in [-0.1, -0.05) is 127 Å². The fraction of sp³-hybridized carbons (Fsp3) is 0.0222.